The molecule has 0 aliphatic rings. The molecule has 2 aromatic carbocycles. The molecule has 0 saturated carbocycles. The van der Waals surface area contributed by atoms with Crippen LogP contribution in [-0.4, -0.2) is 27.1 Å². The van der Waals surface area contributed by atoms with Gasteiger partial charge in [0.1, 0.15) is 17.3 Å². The molecular weight excluding hydrogens is 543 g/mol. The van der Waals surface area contributed by atoms with E-state index >= 15 is 0 Å². The summed E-state index contributed by atoms with van der Waals surface area (Å²) in [6, 6.07) is 7.54. The van der Waals surface area contributed by atoms with Crippen LogP contribution in [0.5, 0.6) is 0 Å². The van der Waals surface area contributed by atoms with Crippen LogP contribution in [-0.2, 0) is 0 Å². The Bertz CT molecular complexity index is 1480. The summed E-state index contributed by atoms with van der Waals surface area (Å²) in [5.74, 6) is -5.60. The molecule has 0 atom stereocenters. The molecule has 0 fully saturated rings. The largest absolute Gasteiger partial charge is 0.366 e. The molecule has 1 amide bonds. The maximum atomic E-state index is 14.8. The number of aromatic nitrogens is 2. The second kappa shape index (κ2) is 8.66. The number of nitrogens with zero attached hydrogens (tertiary/aromatic N) is 2. The van der Waals surface area contributed by atoms with E-state index in [2.05, 4.69) is 20.9 Å². The van der Waals surface area contributed by atoms with Gasteiger partial charge in [0.25, 0.3) is 11.8 Å². The number of pyridine rings is 1. The SMILES string of the molecule is NC(=O)c1ccc(F)c(C(=O)c2cn(C(=O)c3c(Cl)cccc3Cl)c3ncc(Br)cc23)c1F. The number of carbonyl (C=O) groups is 3. The highest BCUT2D eigenvalue weighted by atomic mass is 79.9. The predicted octanol–water partition coefficient (Wildman–Crippen LogP) is 5.40. The molecule has 0 saturated heterocycles. The van der Waals surface area contributed by atoms with Crippen molar-refractivity contribution in [2.75, 3.05) is 0 Å². The number of carbonyl (C=O) groups excluding carboxylic acids is 3. The van der Waals surface area contributed by atoms with E-state index in [4.69, 9.17) is 28.9 Å². The summed E-state index contributed by atoms with van der Waals surface area (Å²) in [5.41, 5.74) is 3.21. The topological polar surface area (TPSA) is 95.0 Å². The Morgan fingerprint density at radius 1 is 1.00 bits per heavy atom. The first-order chi connectivity index (χ1) is 15.6. The molecule has 2 aromatic heterocycles. The highest BCUT2D eigenvalue weighted by Gasteiger charge is 2.28. The van der Waals surface area contributed by atoms with E-state index in [0.717, 1.165) is 22.9 Å². The number of halogens is 5. The van der Waals surface area contributed by atoms with Crippen molar-refractivity contribution in [1.29, 1.82) is 0 Å². The Kier molecular flexibility index (Phi) is 6.04. The molecule has 2 heterocycles. The lowest BCUT2D eigenvalue weighted by molar-refractivity contribution is 0.0962. The van der Waals surface area contributed by atoms with Crippen LogP contribution in [0.4, 0.5) is 8.78 Å². The first-order valence-electron chi connectivity index (χ1n) is 9.09. The molecule has 0 radical (unpaired) electrons. The minimum absolute atomic E-state index is 0.0226. The van der Waals surface area contributed by atoms with Crippen LogP contribution in [0.3, 0.4) is 0 Å². The van der Waals surface area contributed by atoms with Crippen LogP contribution in [0.25, 0.3) is 11.0 Å². The standard InChI is InChI=1S/C22H10BrCl2F2N3O3/c23-9-6-11-12(19(31)17-15(26)5-4-10(18(17)27)20(28)32)8-30(21(11)29-7-9)22(33)16-13(24)2-1-3-14(16)25/h1-8H,(H2,28,32). The van der Waals surface area contributed by atoms with Crippen molar-refractivity contribution >= 4 is 67.8 Å². The number of benzene rings is 2. The smallest absolute Gasteiger partial charge is 0.266 e. The zero-order valence-electron chi connectivity index (χ0n) is 16.2. The van der Waals surface area contributed by atoms with Crippen LogP contribution in [0.1, 0.15) is 36.6 Å². The third-order valence-corrected chi connectivity index (χ3v) is 5.90. The number of amides is 1. The van der Waals surface area contributed by atoms with Crippen LogP contribution >= 0.6 is 39.1 Å². The molecule has 6 nitrogen and oxygen atoms in total. The maximum absolute atomic E-state index is 14.8. The van der Waals surface area contributed by atoms with Gasteiger partial charge in [-0.05, 0) is 46.3 Å². The monoisotopic (exact) mass is 551 g/mol. The van der Waals surface area contributed by atoms with Crippen molar-refractivity contribution in [2.45, 2.75) is 0 Å². The third-order valence-electron chi connectivity index (χ3n) is 4.83. The number of hydrogen-bond donors (Lipinski definition) is 1. The zero-order valence-corrected chi connectivity index (χ0v) is 19.3. The van der Waals surface area contributed by atoms with Crippen LogP contribution < -0.4 is 5.73 Å². The third kappa shape index (κ3) is 3.92. The number of hydrogen-bond acceptors (Lipinski definition) is 4. The van der Waals surface area contributed by atoms with Gasteiger partial charge in [0.05, 0.1) is 32.3 Å². The van der Waals surface area contributed by atoms with Gasteiger partial charge in [0.15, 0.2) is 0 Å². The maximum Gasteiger partial charge on any atom is 0.266 e. The summed E-state index contributed by atoms with van der Waals surface area (Å²) in [4.78, 5) is 42.1. The number of primary amides is 1. The van der Waals surface area contributed by atoms with Gasteiger partial charge in [0.2, 0.25) is 5.78 Å². The molecule has 0 aliphatic carbocycles. The van der Waals surface area contributed by atoms with Crippen molar-refractivity contribution in [3.8, 4) is 0 Å². The van der Waals surface area contributed by atoms with Crippen molar-refractivity contribution in [3.63, 3.8) is 0 Å². The average molecular weight is 553 g/mol. The molecule has 0 spiro atoms. The molecule has 4 rings (SSSR count). The van der Waals surface area contributed by atoms with Gasteiger partial charge in [-0.25, -0.2) is 13.8 Å². The fourth-order valence-electron chi connectivity index (χ4n) is 3.33. The fourth-order valence-corrected chi connectivity index (χ4v) is 4.22. The van der Waals surface area contributed by atoms with Gasteiger partial charge in [0, 0.05) is 22.3 Å². The number of rotatable bonds is 4. The lowest BCUT2D eigenvalue weighted by Crippen LogP contribution is -2.17. The zero-order chi connectivity index (χ0) is 24.0. The van der Waals surface area contributed by atoms with Crippen molar-refractivity contribution in [1.82, 2.24) is 9.55 Å². The molecule has 33 heavy (non-hydrogen) atoms. The van der Waals surface area contributed by atoms with Crippen LogP contribution in [0.2, 0.25) is 10.0 Å². The molecule has 2 N–H and O–H groups in total. The van der Waals surface area contributed by atoms with Gasteiger partial charge in [-0.3, -0.25) is 19.0 Å². The molecule has 0 bridgehead atoms. The Morgan fingerprint density at radius 2 is 1.67 bits per heavy atom. The van der Waals surface area contributed by atoms with E-state index in [1.165, 1.54) is 24.4 Å². The number of ketones is 1. The quantitative estimate of drug-likeness (QED) is 0.343. The second-order valence-corrected chi connectivity index (χ2v) is 8.55. The summed E-state index contributed by atoms with van der Waals surface area (Å²) in [7, 11) is 0. The lowest BCUT2D eigenvalue weighted by atomic mass is 9.99. The summed E-state index contributed by atoms with van der Waals surface area (Å²) < 4.78 is 30.8. The Balaban J connectivity index is 1.97. The first kappa shape index (κ1) is 23.0. The summed E-state index contributed by atoms with van der Waals surface area (Å²) in [5, 5.41) is 0.241. The lowest BCUT2D eigenvalue weighted by Gasteiger charge is -2.07. The Hall–Kier alpha value is -3.14. The number of nitrogens with two attached hydrogens (primary N) is 1. The van der Waals surface area contributed by atoms with Gasteiger partial charge < -0.3 is 5.73 Å². The molecule has 0 unspecified atom stereocenters. The molecule has 11 heteroatoms. The van der Waals surface area contributed by atoms with E-state index in [1.54, 1.807) is 6.07 Å². The normalized spacial score (nSPS) is 11.1. The Morgan fingerprint density at radius 3 is 2.30 bits per heavy atom. The van der Waals surface area contributed by atoms with Crippen LogP contribution in [0.15, 0.2) is 53.3 Å². The van der Waals surface area contributed by atoms with Crippen molar-refractivity contribution < 1.29 is 23.2 Å². The molecular formula is C22H10BrCl2F2N3O3. The van der Waals surface area contributed by atoms with Crippen LogP contribution in [0, 0.1) is 11.6 Å². The number of fused-ring (bicyclic) bond motifs is 1. The fraction of sp³-hybridized carbons (Fsp3) is 0. The van der Waals surface area contributed by atoms with Gasteiger partial charge in [-0.1, -0.05) is 29.3 Å². The highest BCUT2D eigenvalue weighted by Crippen LogP contribution is 2.31. The molecule has 0 aliphatic heterocycles. The minimum Gasteiger partial charge on any atom is -0.366 e. The molecule has 4 aromatic rings. The minimum atomic E-state index is -1.41. The van der Waals surface area contributed by atoms with Crippen molar-refractivity contribution in [3.05, 3.63) is 97.2 Å². The summed E-state index contributed by atoms with van der Waals surface area (Å²) in [6.07, 6.45) is 2.47. The Labute approximate surface area is 203 Å². The van der Waals surface area contributed by atoms with Gasteiger partial charge in [-0.2, -0.15) is 0 Å². The van der Waals surface area contributed by atoms with E-state index in [9.17, 15) is 23.2 Å². The van der Waals surface area contributed by atoms with E-state index in [-0.39, 0.29) is 32.2 Å². The highest BCUT2D eigenvalue weighted by molar-refractivity contribution is 9.10. The first-order valence-corrected chi connectivity index (χ1v) is 10.6. The van der Waals surface area contributed by atoms with Crippen molar-refractivity contribution in [2.24, 2.45) is 5.73 Å². The summed E-state index contributed by atoms with van der Waals surface area (Å²) in [6.45, 7) is 0. The van der Waals surface area contributed by atoms with Gasteiger partial charge >= 0.3 is 0 Å². The van der Waals surface area contributed by atoms with E-state index in [1.807, 2.05) is 0 Å². The summed E-state index contributed by atoms with van der Waals surface area (Å²) >= 11 is 15.5. The molecule has 166 valence electrons. The van der Waals surface area contributed by atoms with E-state index < -0.39 is 40.4 Å². The predicted molar refractivity (Wildman–Crippen MR) is 122 cm³/mol. The second-order valence-electron chi connectivity index (χ2n) is 6.82. The van der Waals surface area contributed by atoms with E-state index in [0.29, 0.717) is 4.47 Å². The van der Waals surface area contributed by atoms with Gasteiger partial charge in [-0.15, -0.1) is 0 Å². The average Bonchev–Trinajstić information content (AvgIpc) is 3.11.